The van der Waals surface area contributed by atoms with Crippen molar-refractivity contribution in [3.63, 3.8) is 0 Å². The zero-order valence-corrected chi connectivity index (χ0v) is 19.1. The third-order valence-corrected chi connectivity index (χ3v) is 6.29. The number of nitrogens with zero attached hydrogens (tertiary/aromatic N) is 3. The van der Waals surface area contributed by atoms with Crippen molar-refractivity contribution < 1.29 is 12.8 Å². The zero-order valence-electron chi connectivity index (χ0n) is 17.5. The molecule has 0 fully saturated rings. The summed E-state index contributed by atoms with van der Waals surface area (Å²) in [6.07, 6.45) is 1.60. The van der Waals surface area contributed by atoms with Gasteiger partial charge < -0.3 is 14.8 Å². The number of thiocarbonyl (C=S) groups is 1. The highest BCUT2D eigenvalue weighted by molar-refractivity contribution is 7.90. The van der Waals surface area contributed by atoms with Crippen molar-refractivity contribution in [3.8, 4) is 0 Å². The lowest BCUT2D eigenvalue weighted by molar-refractivity contribution is 0.393. The van der Waals surface area contributed by atoms with Crippen molar-refractivity contribution in [2.45, 2.75) is 64.2 Å². The standard InChI is InChI=1S/C20H29FN4O2S2/c1-6-24(19(28)23-14(2)3)12-18-11-22-20(25(18)15(4)5)29(26,27)13-16-7-9-17(21)10-8-16/h7-11,14-15H,6,12-13H2,1-5H3,(H,23,28). The number of halogens is 1. The summed E-state index contributed by atoms with van der Waals surface area (Å²) in [5.41, 5.74) is 1.29. The van der Waals surface area contributed by atoms with E-state index >= 15 is 0 Å². The van der Waals surface area contributed by atoms with Crippen LogP contribution in [-0.2, 0) is 22.1 Å². The average Bonchev–Trinajstić information content (AvgIpc) is 3.05. The van der Waals surface area contributed by atoms with E-state index in [2.05, 4.69) is 10.3 Å². The number of sulfone groups is 1. The molecule has 1 heterocycles. The number of hydrogen-bond acceptors (Lipinski definition) is 4. The fourth-order valence-electron chi connectivity index (χ4n) is 3.00. The van der Waals surface area contributed by atoms with Crippen LogP contribution in [0.25, 0.3) is 0 Å². The van der Waals surface area contributed by atoms with Crippen LogP contribution in [0.4, 0.5) is 4.39 Å². The molecule has 0 atom stereocenters. The Labute approximate surface area is 178 Å². The van der Waals surface area contributed by atoms with Crippen LogP contribution in [0.1, 0.15) is 51.9 Å². The lowest BCUT2D eigenvalue weighted by Crippen LogP contribution is -2.42. The first-order valence-electron chi connectivity index (χ1n) is 9.63. The van der Waals surface area contributed by atoms with Crippen LogP contribution in [0, 0.1) is 5.82 Å². The van der Waals surface area contributed by atoms with E-state index < -0.39 is 15.7 Å². The molecule has 0 aliphatic heterocycles. The fourth-order valence-corrected chi connectivity index (χ4v) is 5.03. The van der Waals surface area contributed by atoms with E-state index in [1.807, 2.05) is 39.5 Å². The van der Waals surface area contributed by atoms with Gasteiger partial charge in [0.1, 0.15) is 5.82 Å². The van der Waals surface area contributed by atoms with Gasteiger partial charge in [-0.1, -0.05) is 12.1 Å². The van der Waals surface area contributed by atoms with Gasteiger partial charge in [-0.15, -0.1) is 0 Å². The van der Waals surface area contributed by atoms with Crippen molar-refractivity contribution in [1.29, 1.82) is 0 Å². The predicted molar refractivity (Wildman–Crippen MR) is 117 cm³/mol. The minimum Gasteiger partial charge on any atom is -0.360 e. The highest BCUT2D eigenvalue weighted by atomic mass is 32.2. The van der Waals surface area contributed by atoms with Crippen molar-refractivity contribution in [3.05, 3.63) is 47.5 Å². The molecule has 0 amide bonds. The first-order chi connectivity index (χ1) is 13.5. The Morgan fingerprint density at radius 1 is 1.24 bits per heavy atom. The number of benzene rings is 1. The van der Waals surface area contributed by atoms with Gasteiger partial charge >= 0.3 is 0 Å². The van der Waals surface area contributed by atoms with Gasteiger partial charge in [0.25, 0.3) is 0 Å². The molecule has 0 unspecified atom stereocenters. The first kappa shape index (κ1) is 23.3. The monoisotopic (exact) mass is 440 g/mol. The summed E-state index contributed by atoms with van der Waals surface area (Å²) in [6, 6.07) is 5.57. The highest BCUT2D eigenvalue weighted by Gasteiger charge is 2.26. The van der Waals surface area contributed by atoms with E-state index in [9.17, 15) is 12.8 Å². The highest BCUT2D eigenvalue weighted by Crippen LogP contribution is 2.23. The second-order valence-electron chi connectivity index (χ2n) is 7.50. The second kappa shape index (κ2) is 9.67. The van der Waals surface area contributed by atoms with Crippen molar-refractivity contribution in [1.82, 2.24) is 19.8 Å². The van der Waals surface area contributed by atoms with E-state index in [0.29, 0.717) is 23.8 Å². The van der Waals surface area contributed by atoms with Crippen LogP contribution >= 0.6 is 12.2 Å². The minimum atomic E-state index is -3.70. The second-order valence-corrected chi connectivity index (χ2v) is 9.77. The summed E-state index contributed by atoms with van der Waals surface area (Å²) in [4.78, 5) is 6.21. The van der Waals surface area contributed by atoms with Crippen LogP contribution < -0.4 is 5.32 Å². The average molecular weight is 441 g/mol. The van der Waals surface area contributed by atoms with Crippen molar-refractivity contribution in [2.24, 2.45) is 0 Å². The first-order valence-corrected chi connectivity index (χ1v) is 11.7. The molecule has 1 N–H and O–H groups in total. The van der Waals surface area contributed by atoms with Crippen LogP contribution in [0.2, 0.25) is 0 Å². The van der Waals surface area contributed by atoms with Crippen LogP contribution in [0.3, 0.4) is 0 Å². The molecule has 0 bridgehead atoms. The number of imidazole rings is 1. The predicted octanol–water partition coefficient (Wildman–Crippen LogP) is 3.68. The SMILES string of the molecule is CCN(Cc1cnc(S(=O)(=O)Cc2ccc(F)cc2)n1C(C)C)C(=S)NC(C)C. The summed E-state index contributed by atoms with van der Waals surface area (Å²) in [7, 11) is -3.70. The molecule has 1 aromatic carbocycles. The Morgan fingerprint density at radius 2 is 1.86 bits per heavy atom. The Balaban J connectivity index is 2.34. The molecule has 0 radical (unpaired) electrons. The quantitative estimate of drug-likeness (QED) is 0.632. The van der Waals surface area contributed by atoms with Crippen LogP contribution in [0.15, 0.2) is 35.6 Å². The maximum Gasteiger partial charge on any atom is 0.228 e. The number of nitrogens with one attached hydrogen (secondary N) is 1. The van der Waals surface area contributed by atoms with E-state index in [0.717, 1.165) is 5.69 Å². The molecule has 1 aromatic heterocycles. The van der Waals surface area contributed by atoms with Crippen molar-refractivity contribution in [2.75, 3.05) is 6.54 Å². The van der Waals surface area contributed by atoms with Crippen molar-refractivity contribution >= 4 is 27.2 Å². The Kier molecular flexibility index (Phi) is 7.76. The normalized spacial score (nSPS) is 11.9. The molecule has 2 rings (SSSR count). The molecular formula is C20H29FN4O2S2. The lowest BCUT2D eigenvalue weighted by atomic mass is 10.2. The van der Waals surface area contributed by atoms with Gasteiger partial charge in [0.15, 0.2) is 5.11 Å². The van der Waals surface area contributed by atoms with E-state index in [1.165, 1.54) is 24.3 Å². The molecular weight excluding hydrogens is 411 g/mol. The van der Waals surface area contributed by atoms with Gasteiger partial charge in [0, 0.05) is 18.6 Å². The summed E-state index contributed by atoms with van der Waals surface area (Å²) >= 11 is 5.47. The van der Waals surface area contributed by atoms with Gasteiger partial charge in [-0.2, -0.15) is 0 Å². The lowest BCUT2D eigenvalue weighted by Gasteiger charge is -2.27. The minimum absolute atomic E-state index is 0.0191. The Hall–Kier alpha value is -2.00. The van der Waals surface area contributed by atoms with E-state index in [-0.39, 0.29) is 23.0 Å². The maximum atomic E-state index is 13.1. The van der Waals surface area contributed by atoms with Gasteiger partial charge in [-0.3, -0.25) is 0 Å². The largest absolute Gasteiger partial charge is 0.360 e. The molecule has 9 heteroatoms. The van der Waals surface area contributed by atoms with Crippen LogP contribution in [0.5, 0.6) is 0 Å². The molecule has 0 aliphatic rings. The topological polar surface area (TPSA) is 67.2 Å². The van der Waals surface area contributed by atoms with Gasteiger partial charge in [0.05, 0.1) is 24.2 Å². The van der Waals surface area contributed by atoms with Gasteiger partial charge in [0.2, 0.25) is 15.0 Å². The van der Waals surface area contributed by atoms with Crippen LogP contribution in [-0.4, -0.2) is 40.6 Å². The smallest absolute Gasteiger partial charge is 0.228 e. The van der Waals surface area contributed by atoms with E-state index in [1.54, 1.807) is 10.8 Å². The molecule has 2 aromatic rings. The number of aromatic nitrogens is 2. The fraction of sp³-hybridized carbons (Fsp3) is 0.500. The molecule has 0 spiro atoms. The Morgan fingerprint density at radius 3 is 2.38 bits per heavy atom. The molecule has 6 nitrogen and oxygen atoms in total. The zero-order chi connectivity index (χ0) is 21.8. The van der Waals surface area contributed by atoms with Gasteiger partial charge in [-0.05, 0) is 64.5 Å². The van der Waals surface area contributed by atoms with E-state index in [4.69, 9.17) is 12.2 Å². The summed E-state index contributed by atoms with van der Waals surface area (Å²) in [5, 5.41) is 3.85. The maximum absolute atomic E-state index is 13.1. The molecule has 0 aliphatic carbocycles. The third kappa shape index (κ3) is 5.99. The number of rotatable bonds is 8. The molecule has 160 valence electrons. The number of hydrogen-bond donors (Lipinski definition) is 1. The molecule has 0 saturated carbocycles. The summed E-state index contributed by atoms with van der Waals surface area (Å²) < 4.78 is 40.9. The third-order valence-electron chi connectivity index (χ3n) is 4.34. The molecule has 29 heavy (non-hydrogen) atoms. The Bertz CT molecular complexity index is 938. The molecule has 0 saturated heterocycles. The summed E-state index contributed by atoms with van der Waals surface area (Å²) in [6.45, 7) is 11.0. The summed E-state index contributed by atoms with van der Waals surface area (Å²) in [5.74, 6) is -0.635. The van der Waals surface area contributed by atoms with Gasteiger partial charge in [-0.25, -0.2) is 17.8 Å².